The molecule has 30 heavy (non-hydrogen) atoms. The lowest BCUT2D eigenvalue weighted by Crippen LogP contribution is -2.50. The second kappa shape index (κ2) is 8.58. The highest BCUT2D eigenvalue weighted by Gasteiger charge is 2.38. The maximum absolute atomic E-state index is 13.1. The first-order valence-corrected chi connectivity index (χ1v) is 9.98. The van der Waals surface area contributed by atoms with Gasteiger partial charge in [-0.3, -0.25) is 14.4 Å². The zero-order valence-corrected chi connectivity index (χ0v) is 18.1. The molecule has 1 fully saturated rings. The minimum absolute atomic E-state index is 0. The van der Waals surface area contributed by atoms with Gasteiger partial charge >= 0.3 is 0 Å². The van der Waals surface area contributed by atoms with Crippen LogP contribution < -0.4 is 15.5 Å². The molecule has 0 aromatic heterocycles. The van der Waals surface area contributed by atoms with Gasteiger partial charge in [0.05, 0.1) is 16.8 Å². The van der Waals surface area contributed by atoms with Crippen molar-refractivity contribution in [2.24, 2.45) is 5.92 Å². The van der Waals surface area contributed by atoms with Gasteiger partial charge < -0.3 is 10.6 Å². The van der Waals surface area contributed by atoms with Crippen LogP contribution in [-0.4, -0.2) is 36.9 Å². The number of benzene rings is 2. The van der Waals surface area contributed by atoms with E-state index in [2.05, 4.69) is 17.6 Å². The Morgan fingerprint density at radius 3 is 2.53 bits per heavy atom. The highest BCUT2D eigenvalue weighted by atomic mass is 35.5. The molecule has 4 rings (SSSR count). The molecule has 3 amide bonds. The summed E-state index contributed by atoms with van der Waals surface area (Å²) in [5.41, 5.74) is 3.41. The molecule has 0 spiro atoms. The third-order valence-electron chi connectivity index (χ3n) is 5.90. The largest absolute Gasteiger partial charge is 0.348 e. The first kappa shape index (κ1) is 22.0. The molecule has 6 nitrogen and oxygen atoms in total. The zero-order valence-electron chi connectivity index (χ0n) is 17.3. The lowest BCUT2D eigenvalue weighted by Gasteiger charge is -2.30. The number of hydrogen-bond acceptors (Lipinski definition) is 4. The number of rotatable bonds is 3. The number of nitrogens with one attached hydrogen (secondary N) is 2. The third kappa shape index (κ3) is 3.85. The summed E-state index contributed by atoms with van der Waals surface area (Å²) in [6, 6.07) is 10.5. The number of hydrogen-bond donors (Lipinski definition) is 2. The lowest BCUT2D eigenvalue weighted by atomic mass is 9.94. The van der Waals surface area contributed by atoms with E-state index in [1.165, 1.54) is 11.0 Å². The number of anilines is 1. The van der Waals surface area contributed by atoms with Crippen LogP contribution in [0.1, 0.15) is 55.5 Å². The van der Waals surface area contributed by atoms with Gasteiger partial charge in [-0.15, -0.1) is 12.4 Å². The molecule has 0 radical (unpaired) electrons. The van der Waals surface area contributed by atoms with Gasteiger partial charge in [0.1, 0.15) is 0 Å². The highest BCUT2D eigenvalue weighted by molar-refractivity contribution is 6.35. The van der Waals surface area contributed by atoms with Crippen LogP contribution in [0.15, 0.2) is 36.4 Å². The lowest BCUT2D eigenvalue weighted by molar-refractivity contribution is 0.0910. The van der Waals surface area contributed by atoms with Gasteiger partial charge in [-0.1, -0.05) is 19.1 Å². The summed E-state index contributed by atoms with van der Waals surface area (Å²) in [4.78, 5) is 39.9. The number of halogens is 1. The van der Waals surface area contributed by atoms with Gasteiger partial charge in [-0.25, -0.2) is 4.90 Å². The van der Waals surface area contributed by atoms with E-state index in [4.69, 9.17) is 0 Å². The summed E-state index contributed by atoms with van der Waals surface area (Å²) in [6.45, 7) is 7.60. The monoisotopic (exact) mass is 427 g/mol. The van der Waals surface area contributed by atoms with E-state index in [9.17, 15) is 14.4 Å². The average molecular weight is 428 g/mol. The Labute approximate surface area is 182 Å². The Bertz CT molecular complexity index is 1020. The molecule has 2 aromatic carbocycles. The Balaban J connectivity index is 0.00000256. The fraction of sp³-hybridized carbons (Fsp3) is 0.348. The fourth-order valence-electron chi connectivity index (χ4n) is 4.00. The number of imide groups is 1. The van der Waals surface area contributed by atoms with Crippen LogP contribution in [0, 0.1) is 19.8 Å². The molecule has 2 atom stereocenters. The molecular formula is C23H26ClN3O3. The van der Waals surface area contributed by atoms with Gasteiger partial charge in [-0.2, -0.15) is 0 Å². The number of carbonyl (C=O) groups excluding carboxylic acids is 3. The standard InChI is InChI=1S/C23H25N3O3.ClH/c1-13-4-5-15(3)20(10-13)26-22(28)17-7-6-16(11-18(17)23(26)29)21(27)25-19-12-24-9-8-14(19)2;/h4-7,10-11,14,19,24H,8-9,12H2,1-3H3,(H,25,27);1H. The first-order valence-electron chi connectivity index (χ1n) is 9.98. The Morgan fingerprint density at radius 1 is 1.07 bits per heavy atom. The predicted molar refractivity (Wildman–Crippen MR) is 119 cm³/mol. The van der Waals surface area contributed by atoms with Crippen LogP contribution in [0.4, 0.5) is 5.69 Å². The van der Waals surface area contributed by atoms with Crippen molar-refractivity contribution < 1.29 is 14.4 Å². The first-order chi connectivity index (χ1) is 13.9. The van der Waals surface area contributed by atoms with Crippen molar-refractivity contribution in [1.82, 2.24) is 10.6 Å². The molecule has 0 aliphatic carbocycles. The minimum Gasteiger partial charge on any atom is -0.348 e. The van der Waals surface area contributed by atoms with E-state index >= 15 is 0 Å². The van der Waals surface area contributed by atoms with E-state index in [1.807, 2.05) is 32.0 Å². The number of amides is 3. The smallest absolute Gasteiger partial charge is 0.266 e. The average Bonchev–Trinajstić information content (AvgIpc) is 2.95. The molecule has 2 aliphatic rings. The summed E-state index contributed by atoms with van der Waals surface area (Å²) in [6.07, 6.45) is 1.01. The molecule has 0 saturated carbocycles. The predicted octanol–water partition coefficient (Wildman–Crippen LogP) is 3.25. The Kier molecular flexibility index (Phi) is 6.29. The van der Waals surface area contributed by atoms with E-state index in [1.54, 1.807) is 12.1 Å². The molecule has 2 aromatic rings. The molecule has 0 bridgehead atoms. The summed E-state index contributed by atoms with van der Waals surface area (Å²) in [5.74, 6) is -0.576. The van der Waals surface area contributed by atoms with Gasteiger partial charge in [0.15, 0.2) is 0 Å². The van der Waals surface area contributed by atoms with Crippen molar-refractivity contribution in [2.45, 2.75) is 33.2 Å². The van der Waals surface area contributed by atoms with Crippen LogP contribution in [0.3, 0.4) is 0 Å². The van der Waals surface area contributed by atoms with Gasteiger partial charge in [-0.05, 0) is 68.1 Å². The summed E-state index contributed by atoms with van der Waals surface area (Å²) in [5, 5.41) is 6.34. The molecular weight excluding hydrogens is 402 g/mol. The van der Waals surface area contributed by atoms with Crippen molar-refractivity contribution in [3.63, 3.8) is 0 Å². The van der Waals surface area contributed by atoms with Crippen molar-refractivity contribution in [3.05, 3.63) is 64.2 Å². The summed E-state index contributed by atoms with van der Waals surface area (Å²) >= 11 is 0. The fourth-order valence-corrected chi connectivity index (χ4v) is 4.00. The van der Waals surface area contributed by atoms with Crippen LogP contribution in [0.2, 0.25) is 0 Å². The number of aryl methyl sites for hydroxylation is 2. The normalized spacial score (nSPS) is 20.6. The second-order valence-electron chi connectivity index (χ2n) is 8.05. The SMILES string of the molecule is Cc1ccc(C)c(N2C(=O)c3ccc(C(=O)NC4CNCCC4C)cc3C2=O)c1.Cl. The van der Waals surface area contributed by atoms with Crippen molar-refractivity contribution in [1.29, 1.82) is 0 Å². The number of carbonyl (C=O) groups is 3. The zero-order chi connectivity index (χ0) is 20.7. The van der Waals surface area contributed by atoms with E-state index < -0.39 is 0 Å². The molecule has 2 aliphatic heterocycles. The molecule has 158 valence electrons. The van der Waals surface area contributed by atoms with Crippen molar-refractivity contribution in [2.75, 3.05) is 18.0 Å². The molecule has 7 heteroatoms. The molecule has 2 N–H and O–H groups in total. The van der Waals surface area contributed by atoms with Crippen LogP contribution in [0.25, 0.3) is 0 Å². The van der Waals surface area contributed by atoms with E-state index in [-0.39, 0.29) is 41.7 Å². The van der Waals surface area contributed by atoms with Gasteiger partial charge in [0.25, 0.3) is 17.7 Å². The molecule has 1 saturated heterocycles. The van der Waals surface area contributed by atoms with Crippen LogP contribution in [-0.2, 0) is 0 Å². The maximum atomic E-state index is 13.1. The van der Waals surface area contributed by atoms with E-state index in [0.717, 1.165) is 30.6 Å². The number of piperidine rings is 1. The molecule has 2 unspecified atom stereocenters. The third-order valence-corrected chi connectivity index (χ3v) is 5.90. The summed E-state index contributed by atoms with van der Waals surface area (Å²) < 4.78 is 0. The Hall–Kier alpha value is -2.70. The van der Waals surface area contributed by atoms with Crippen LogP contribution in [0.5, 0.6) is 0 Å². The topological polar surface area (TPSA) is 78.5 Å². The minimum atomic E-state index is -0.388. The maximum Gasteiger partial charge on any atom is 0.266 e. The second-order valence-corrected chi connectivity index (χ2v) is 8.05. The molecule has 2 heterocycles. The van der Waals surface area contributed by atoms with Gasteiger partial charge in [0, 0.05) is 18.2 Å². The number of fused-ring (bicyclic) bond motifs is 1. The van der Waals surface area contributed by atoms with Crippen molar-refractivity contribution in [3.8, 4) is 0 Å². The summed E-state index contributed by atoms with van der Waals surface area (Å²) in [7, 11) is 0. The van der Waals surface area contributed by atoms with Crippen LogP contribution >= 0.6 is 12.4 Å². The number of nitrogens with zero attached hydrogens (tertiary/aromatic N) is 1. The van der Waals surface area contributed by atoms with E-state index in [0.29, 0.717) is 22.7 Å². The Morgan fingerprint density at radius 2 is 1.80 bits per heavy atom. The quantitative estimate of drug-likeness (QED) is 0.737. The highest BCUT2D eigenvalue weighted by Crippen LogP contribution is 2.31. The van der Waals surface area contributed by atoms with Gasteiger partial charge in [0.2, 0.25) is 0 Å². The van der Waals surface area contributed by atoms with Crippen molar-refractivity contribution >= 4 is 35.8 Å².